The van der Waals surface area contributed by atoms with E-state index in [0.717, 1.165) is 0 Å². The van der Waals surface area contributed by atoms with E-state index >= 15 is 0 Å². The van der Waals surface area contributed by atoms with Gasteiger partial charge in [0.05, 0.1) is 0 Å². The highest BCUT2D eigenvalue weighted by atomic mass is 31.2. The molecule has 0 spiro atoms. The lowest BCUT2D eigenvalue weighted by molar-refractivity contribution is -0.151. The zero-order chi connectivity index (χ0) is 14.9. The molecule has 1 unspecified atom stereocenters. The van der Waals surface area contributed by atoms with Crippen LogP contribution in [0, 0.1) is 0 Å². The summed E-state index contributed by atoms with van der Waals surface area (Å²) in [5.74, 6) is -2.01. The molecule has 19 heavy (non-hydrogen) atoms. The zero-order valence-corrected chi connectivity index (χ0v) is 10.9. The molecule has 0 heterocycles. The number of esters is 1. The van der Waals surface area contributed by atoms with Gasteiger partial charge >= 0.3 is 25.6 Å². The summed E-state index contributed by atoms with van der Waals surface area (Å²) in [5.41, 5.74) is 0. The maximum atomic E-state index is 11.2. The van der Waals surface area contributed by atoms with Crippen LogP contribution in [0.25, 0.3) is 0 Å². The Morgan fingerprint density at radius 1 is 1.26 bits per heavy atom. The summed E-state index contributed by atoms with van der Waals surface area (Å²) in [4.78, 5) is 40.8. The second kappa shape index (κ2) is 8.46. The first-order chi connectivity index (χ1) is 8.76. The smallest absolute Gasteiger partial charge is 0.410 e. The SMILES string of the molecule is CCC(=O)OCOC(=O)NCP(=O)(O)OCC(=O)O. The van der Waals surface area contributed by atoms with Gasteiger partial charge in [0, 0.05) is 6.42 Å². The third kappa shape index (κ3) is 10.0. The number of carbonyl (C=O) groups excluding carboxylic acids is 2. The predicted octanol–water partition coefficient (Wildman–Crippen LogP) is -0.133. The summed E-state index contributed by atoms with van der Waals surface area (Å²) in [7, 11) is -4.26. The number of amides is 1. The Labute approximate surface area is 108 Å². The maximum Gasteiger partial charge on any atom is 0.410 e. The molecule has 0 aliphatic heterocycles. The van der Waals surface area contributed by atoms with Crippen molar-refractivity contribution in [3.8, 4) is 0 Å². The van der Waals surface area contributed by atoms with E-state index in [-0.39, 0.29) is 6.42 Å². The van der Waals surface area contributed by atoms with Gasteiger partial charge in [0.1, 0.15) is 6.29 Å². The van der Waals surface area contributed by atoms with Crippen molar-refractivity contribution in [2.24, 2.45) is 0 Å². The lowest BCUT2D eigenvalue weighted by Gasteiger charge is -2.11. The normalized spacial score (nSPS) is 13.2. The zero-order valence-electron chi connectivity index (χ0n) is 10.0. The number of carboxylic acid groups (broad SMARTS) is 1. The molecule has 0 radical (unpaired) electrons. The summed E-state index contributed by atoms with van der Waals surface area (Å²) in [5, 5.41) is 10.1. The number of ether oxygens (including phenoxy) is 2. The van der Waals surface area contributed by atoms with Crippen LogP contribution in [0.15, 0.2) is 0 Å². The highest BCUT2D eigenvalue weighted by Crippen LogP contribution is 2.39. The molecule has 10 nitrogen and oxygen atoms in total. The van der Waals surface area contributed by atoms with E-state index < -0.39 is 45.3 Å². The molecule has 1 amide bonds. The van der Waals surface area contributed by atoms with Gasteiger partial charge in [0.15, 0.2) is 6.61 Å². The number of nitrogens with one attached hydrogen (secondary N) is 1. The van der Waals surface area contributed by atoms with Crippen molar-refractivity contribution in [3.05, 3.63) is 0 Å². The van der Waals surface area contributed by atoms with E-state index in [1.54, 1.807) is 6.92 Å². The molecule has 11 heteroatoms. The molecular formula is C8H14NO9P. The minimum absolute atomic E-state index is 0.111. The van der Waals surface area contributed by atoms with E-state index in [1.165, 1.54) is 0 Å². The van der Waals surface area contributed by atoms with Crippen molar-refractivity contribution in [1.29, 1.82) is 0 Å². The Hall–Kier alpha value is -1.64. The fraction of sp³-hybridized carbons (Fsp3) is 0.625. The number of aliphatic carboxylic acids is 1. The molecule has 0 aliphatic rings. The quantitative estimate of drug-likeness (QED) is 0.316. The lowest BCUT2D eigenvalue weighted by atomic mass is 10.5. The minimum Gasteiger partial charge on any atom is -0.480 e. The van der Waals surface area contributed by atoms with Crippen LogP contribution in [0.1, 0.15) is 13.3 Å². The molecular weight excluding hydrogens is 285 g/mol. The summed E-state index contributed by atoms with van der Waals surface area (Å²) < 4.78 is 24.1. The standard InChI is InChI=1S/C8H14NO9P/c1-2-7(12)16-5-17-8(13)9-4-19(14,15)18-3-6(10)11/h2-5H2,1H3,(H,9,13)(H,10,11)(H,14,15). The summed E-state index contributed by atoms with van der Waals surface area (Å²) in [6.45, 7) is -0.0624. The second-order valence-corrected chi connectivity index (χ2v) is 4.91. The van der Waals surface area contributed by atoms with E-state index in [2.05, 4.69) is 14.0 Å². The Bertz CT molecular complexity index is 382. The van der Waals surface area contributed by atoms with Gasteiger partial charge < -0.3 is 24.8 Å². The van der Waals surface area contributed by atoms with Crippen molar-refractivity contribution in [1.82, 2.24) is 5.32 Å². The third-order valence-electron chi connectivity index (χ3n) is 1.51. The van der Waals surface area contributed by atoms with Crippen LogP contribution in [-0.2, 0) is 28.2 Å². The molecule has 0 aromatic rings. The summed E-state index contributed by atoms with van der Waals surface area (Å²) >= 11 is 0. The van der Waals surface area contributed by atoms with Gasteiger partial charge in [-0.05, 0) is 0 Å². The predicted molar refractivity (Wildman–Crippen MR) is 59.1 cm³/mol. The van der Waals surface area contributed by atoms with Crippen LogP contribution in [-0.4, -0.2) is 47.7 Å². The van der Waals surface area contributed by atoms with Gasteiger partial charge in [0.2, 0.25) is 6.79 Å². The van der Waals surface area contributed by atoms with E-state index in [1.807, 2.05) is 5.32 Å². The van der Waals surface area contributed by atoms with Crippen molar-refractivity contribution in [3.63, 3.8) is 0 Å². The molecule has 0 aliphatic carbocycles. The minimum atomic E-state index is -4.26. The molecule has 0 rings (SSSR count). The largest absolute Gasteiger partial charge is 0.480 e. The highest BCUT2D eigenvalue weighted by molar-refractivity contribution is 7.52. The van der Waals surface area contributed by atoms with Crippen molar-refractivity contribution in [2.45, 2.75) is 13.3 Å². The van der Waals surface area contributed by atoms with Crippen LogP contribution < -0.4 is 5.32 Å². The first kappa shape index (κ1) is 17.4. The fourth-order valence-electron chi connectivity index (χ4n) is 0.668. The van der Waals surface area contributed by atoms with Crippen LogP contribution in [0.2, 0.25) is 0 Å². The van der Waals surface area contributed by atoms with Gasteiger partial charge in [-0.25, -0.2) is 9.59 Å². The third-order valence-corrected chi connectivity index (χ3v) is 2.60. The highest BCUT2D eigenvalue weighted by Gasteiger charge is 2.22. The Kier molecular flexibility index (Phi) is 7.73. The summed E-state index contributed by atoms with van der Waals surface area (Å²) in [6, 6.07) is 0. The number of alkyl carbamates (subject to hydrolysis) is 1. The first-order valence-electron chi connectivity index (χ1n) is 5.01. The van der Waals surface area contributed by atoms with Crippen LogP contribution in [0.3, 0.4) is 0 Å². The molecule has 110 valence electrons. The van der Waals surface area contributed by atoms with Gasteiger partial charge in [-0.1, -0.05) is 6.92 Å². The molecule has 0 bridgehead atoms. The van der Waals surface area contributed by atoms with Crippen molar-refractivity contribution < 1.29 is 42.9 Å². The van der Waals surface area contributed by atoms with E-state index in [9.17, 15) is 18.9 Å². The Balaban J connectivity index is 3.85. The number of carboxylic acids is 1. The number of hydrogen-bond acceptors (Lipinski definition) is 7. The Morgan fingerprint density at radius 2 is 1.89 bits per heavy atom. The van der Waals surface area contributed by atoms with Crippen molar-refractivity contribution >= 4 is 25.6 Å². The van der Waals surface area contributed by atoms with Gasteiger partial charge in [0.25, 0.3) is 0 Å². The number of hydrogen-bond donors (Lipinski definition) is 3. The molecule has 0 aromatic heterocycles. The fourth-order valence-corrected chi connectivity index (χ4v) is 1.40. The van der Waals surface area contributed by atoms with Crippen molar-refractivity contribution in [2.75, 3.05) is 19.7 Å². The van der Waals surface area contributed by atoms with E-state index in [4.69, 9.17) is 10.00 Å². The monoisotopic (exact) mass is 299 g/mol. The topological polar surface area (TPSA) is 148 Å². The molecule has 0 saturated carbocycles. The van der Waals surface area contributed by atoms with Crippen LogP contribution in [0.4, 0.5) is 4.79 Å². The van der Waals surface area contributed by atoms with Gasteiger partial charge in [-0.15, -0.1) is 0 Å². The first-order valence-corrected chi connectivity index (χ1v) is 6.77. The summed E-state index contributed by atoms with van der Waals surface area (Å²) in [6.07, 6.45) is -1.84. The molecule has 0 saturated heterocycles. The van der Waals surface area contributed by atoms with Crippen LogP contribution >= 0.6 is 7.60 Å². The number of carbonyl (C=O) groups is 3. The maximum absolute atomic E-state index is 11.2. The van der Waals surface area contributed by atoms with E-state index in [0.29, 0.717) is 0 Å². The van der Waals surface area contributed by atoms with Gasteiger partial charge in [-0.2, -0.15) is 0 Å². The molecule has 3 N–H and O–H groups in total. The average molecular weight is 299 g/mol. The van der Waals surface area contributed by atoms with Gasteiger partial charge in [-0.3, -0.25) is 13.9 Å². The van der Waals surface area contributed by atoms with Crippen LogP contribution in [0.5, 0.6) is 0 Å². The second-order valence-electron chi connectivity index (χ2n) is 3.06. The lowest BCUT2D eigenvalue weighted by Crippen LogP contribution is -2.27. The number of rotatable bonds is 8. The molecule has 1 atom stereocenters. The molecule has 0 aromatic carbocycles. The Morgan fingerprint density at radius 3 is 2.42 bits per heavy atom. The average Bonchev–Trinajstić information content (AvgIpc) is 2.34. The molecule has 0 fully saturated rings.